The molecule has 41 heavy (non-hydrogen) atoms. The van der Waals surface area contributed by atoms with Gasteiger partial charge in [-0.25, -0.2) is 9.79 Å². The van der Waals surface area contributed by atoms with Gasteiger partial charge in [0.1, 0.15) is 17.6 Å². The molecule has 1 aliphatic heterocycles. The van der Waals surface area contributed by atoms with Crippen molar-refractivity contribution in [1.82, 2.24) is 4.57 Å². The summed E-state index contributed by atoms with van der Waals surface area (Å²) in [5.74, 6) is -0.341. The lowest BCUT2D eigenvalue weighted by atomic mass is 10.0. The molecule has 14 heteroatoms. The molecular formula is C27H19ClN4O8S. The van der Waals surface area contributed by atoms with Crippen molar-refractivity contribution in [3.63, 3.8) is 0 Å². The molecule has 5 rings (SSSR count). The number of non-ortho nitro benzene ring substituents is 2. The molecule has 0 saturated carbocycles. The fraction of sp³-hybridized carbons (Fsp3) is 0.148. The number of halogens is 1. The molecule has 4 aromatic rings. The number of allylic oxidation sites excluding steroid dienone is 1. The second-order valence-corrected chi connectivity index (χ2v) is 10.2. The maximum Gasteiger partial charge on any atom is 0.338 e. The number of nitrogens with zero attached hydrogens (tertiary/aromatic N) is 4. The molecule has 0 spiro atoms. The summed E-state index contributed by atoms with van der Waals surface area (Å²) in [6.07, 6.45) is 1.51. The number of fused-ring (bicyclic) bond motifs is 1. The van der Waals surface area contributed by atoms with Crippen LogP contribution in [0.15, 0.2) is 80.1 Å². The SMILES string of the molecule is CCOC(=O)C1=C(C)N=c2s/c(=C\c3cccc([N+](=O)[O-])c3)c(=O)n2[C@@H]1c1ccc(-c2cc([N+](=O)[O-])ccc2Cl)o1. The molecule has 0 fully saturated rings. The monoisotopic (exact) mass is 594 g/mol. The molecule has 0 radical (unpaired) electrons. The van der Waals surface area contributed by atoms with Gasteiger partial charge in [-0.15, -0.1) is 0 Å². The molecule has 2 aromatic heterocycles. The molecule has 0 amide bonds. The number of ether oxygens (including phenoxy) is 1. The third-order valence-corrected chi connectivity index (χ3v) is 7.53. The minimum Gasteiger partial charge on any atom is -0.463 e. The number of rotatable bonds is 7. The van der Waals surface area contributed by atoms with E-state index >= 15 is 0 Å². The van der Waals surface area contributed by atoms with E-state index in [0.717, 1.165) is 11.3 Å². The molecule has 12 nitrogen and oxygen atoms in total. The maximum atomic E-state index is 13.7. The Morgan fingerprint density at radius 1 is 1.15 bits per heavy atom. The fourth-order valence-electron chi connectivity index (χ4n) is 4.40. The van der Waals surface area contributed by atoms with Crippen LogP contribution in [0, 0.1) is 20.2 Å². The number of carbonyl (C=O) groups is 1. The highest BCUT2D eigenvalue weighted by molar-refractivity contribution is 7.07. The summed E-state index contributed by atoms with van der Waals surface area (Å²) in [5, 5.41) is 22.7. The predicted octanol–water partition coefficient (Wildman–Crippen LogP) is 4.53. The average molecular weight is 595 g/mol. The molecule has 0 unspecified atom stereocenters. The van der Waals surface area contributed by atoms with Crippen LogP contribution in [0.1, 0.15) is 31.2 Å². The van der Waals surface area contributed by atoms with E-state index in [-0.39, 0.29) is 55.0 Å². The fourth-order valence-corrected chi connectivity index (χ4v) is 5.66. The second-order valence-electron chi connectivity index (χ2n) is 8.78. The number of hydrogen-bond donors (Lipinski definition) is 0. The summed E-state index contributed by atoms with van der Waals surface area (Å²) in [7, 11) is 0. The molecular weight excluding hydrogens is 576 g/mol. The quantitative estimate of drug-likeness (QED) is 0.171. The van der Waals surface area contributed by atoms with Crippen LogP contribution in [-0.4, -0.2) is 27.0 Å². The normalized spacial score (nSPS) is 14.9. The van der Waals surface area contributed by atoms with Gasteiger partial charge in [0.15, 0.2) is 4.80 Å². The number of carbonyl (C=O) groups excluding carboxylic acids is 1. The van der Waals surface area contributed by atoms with Crippen LogP contribution in [-0.2, 0) is 9.53 Å². The van der Waals surface area contributed by atoms with Gasteiger partial charge in [0.25, 0.3) is 16.9 Å². The van der Waals surface area contributed by atoms with Crippen LogP contribution in [0.3, 0.4) is 0 Å². The van der Waals surface area contributed by atoms with Gasteiger partial charge < -0.3 is 9.15 Å². The highest BCUT2D eigenvalue weighted by Crippen LogP contribution is 2.37. The summed E-state index contributed by atoms with van der Waals surface area (Å²) in [6, 6.07) is 11.7. The van der Waals surface area contributed by atoms with E-state index in [4.69, 9.17) is 20.8 Å². The van der Waals surface area contributed by atoms with Crippen molar-refractivity contribution in [3.8, 4) is 11.3 Å². The highest BCUT2D eigenvalue weighted by atomic mass is 35.5. The van der Waals surface area contributed by atoms with E-state index in [1.807, 2.05) is 0 Å². The number of thiazole rings is 1. The van der Waals surface area contributed by atoms with Gasteiger partial charge in [0, 0.05) is 29.8 Å². The number of benzene rings is 2. The molecule has 0 aliphatic carbocycles. The van der Waals surface area contributed by atoms with E-state index < -0.39 is 27.4 Å². The van der Waals surface area contributed by atoms with Crippen LogP contribution in [0.4, 0.5) is 11.4 Å². The summed E-state index contributed by atoms with van der Waals surface area (Å²) >= 11 is 7.36. The molecule has 0 saturated heterocycles. The number of esters is 1. The summed E-state index contributed by atoms with van der Waals surface area (Å²) in [4.78, 5) is 53.0. The number of aromatic nitrogens is 1. The van der Waals surface area contributed by atoms with Crippen LogP contribution < -0.4 is 14.9 Å². The van der Waals surface area contributed by atoms with Gasteiger partial charge in [-0.2, -0.15) is 0 Å². The topological polar surface area (TPSA) is 160 Å². The number of furan rings is 1. The zero-order chi connectivity index (χ0) is 29.4. The third-order valence-electron chi connectivity index (χ3n) is 6.22. The van der Waals surface area contributed by atoms with E-state index in [1.165, 1.54) is 53.1 Å². The van der Waals surface area contributed by atoms with Crippen molar-refractivity contribution in [2.45, 2.75) is 19.9 Å². The van der Waals surface area contributed by atoms with Crippen molar-refractivity contribution >= 4 is 46.4 Å². The lowest BCUT2D eigenvalue weighted by Gasteiger charge is -2.22. The molecule has 3 heterocycles. The molecule has 1 aliphatic rings. The van der Waals surface area contributed by atoms with Gasteiger partial charge in [0.05, 0.1) is 37.3 Å². The van der Waals surface area contributed by atoms with Crippen molar-refractivity contribution in [2.24, 2.45) is 4.99 Å². The van der Waals surface area contributed by atoms with Crippen LogP contribution >= 0.6 is 22.9 Å². The average Bonchev–Trinajstić information content (AvgIpc) is 3.53. The van der Waals surface area contributed by atoms with Crippen molar-refractivity contribution in [2.75, 3.05) is 6.61 Å². The van der Waals surface area contributed by atoms with Gasteiger partial charge in [-0.05, 0) is 43.7 Å². The predicted molar refractivity (Wildman–Crippen MR) is 149 cm³/mol. The van der Waals surface area contributed by atoms with Crippen LogP contribution in [0.2, 0.25) is 5.02 Å². The zero-order valence-corrected chi connectivity index (χ0v) is 23.0. The smallest absolute Gasteiger partial charge is 0.338 e. The molecule has 0 bridgehead atoms. The summed E-state index contributed by atoms with van der Waals surface area (Å²) in [5.41, 5.74) is 0.236. The van der Waals surface area contributed by atoms with Gasteiger partial charge >= 0.3 is 5.97 Å². The Labute approximate surface area is 239 Å². The Morgan fingerprint density at radius 3 is 2.59 bits per heavy atom. The van der Waals surface area contributed by atoms with E-state index in [2.05, 4.69) is 4.99 Å². The number of nitro benzene ring substituents is 2. The van der Waals surface area contributed by atoms with Crippen molar-refractivity contribution in [3.05, 3.63) is 122 Å². The minimum atomic E-state index is -1.08. The Morgan fingerprint density at radius 2 is 1.88 bits per heavy atom. The number of nitro groups is 2. The largest absolute Gasteiger partial charge is 0.463 e. The molecule has 1 atom stereocenters. The summed E-state index contributed by atoms with van der Waals surface area (Å²) in [6.45, 7) is 3.33. The maximum absolute atomic E-state index is 13.7. The lowest BCUT2D eigenvalue weighted by molar-refractivity contribution is -0.385. The van der Waals surface area contributed by atoms with Gasteiger partial charge in [-0.3, -0.25) is 29.6 Å². The van der Waals surface area contributed by atoms with Gasteiger partial charge in [-0.1, -0.05) is 35.1 Å². The summed E-state index contributed by atoms with van der Waals surface area (Å²) < 4.78 is 12.9. The first kappa shape index (κ1) is 27.7. The Kier molecular flexibility index (Phi) is 7.39. The van der Waals surface area contributed by atoms with Gasteiger partial charge in [0.2, 0.25) is 0 Å². The lowest BCUT2D eigenvalue weighted by Crippen LogP contribution is -2.39. The van der Waals surface area contributed by atoms with E-state index in [1.54, 1.807) is 26.0 Å². The Balaban J connectivity index is 1.69. The van der Waals surface area contributed by atoms with Crippen LogP contribution in [0.5, 0.6) is 0 Å². The number of hydrogen-bond acceptors (Lipinski definition) is 10. The minimum absolute atomic E-state index is 0.0756. The van der Waals surface area contributed by atoms with E-state index in [0.29, 0.717) is 11.3 Å². The van der Waals surface area contributed by atoms with Crippen molar-refractivity contribution < 1.29 is 23.8 Å². The second kappa shape index (κ2) is 10.9. The molecule has 0 N–H and O–H groups in total. The highest BCUT2D eigenvalue weighted by Gasteiger charge is 2.35. The molecule has 208 valence electrons. The molecule has 2 aromatic carbocycles. The zero-order valence-electron chi connectivity index (χ0n) is 21.4. The first-order chi connectivity index (χ1) is 19.6. The van der Waals surface area contributed by atoms with Crippen LogP contribution in [0.25, 0.3) is 17.4 Å². The standard InChI is InChI=1S/C27H19ClN4O8S/c1-3-39-26(34)23-14(2)29-27-30(25(33)22(41-27)12-15-5-4-6-16(11-15)31(35)36)24(23)21-10-9-20(40-21)18-13-17(32(37)38)7-8-19(18)28/h4-13,24H,3H2,1-2H3/b22-12-/t24-/m1/s1. The van der Waals surface area contributed by atoms with E-state index in [9.17, 15) is 29.8 Å². The van der Waals surface area contributed by atoms with Crippen molar-refractivity contribution in [1.29, 1.82) is 0 Å². The Bertz CT molecular complexity index is 1960. The first-order valence-electron chi connectivity index (χ1n) is 12.1. The first-order valence-corrected chi connectivity index (χ1v) is 13.3. The third kappa shape index (κ3) is 5.19. The Hall–Kier alpha value is -4.88.